The maximum atomic E-state index is 11.3. The first-order valence-corrected chi connectivity index (χ1v) is 6.13. The van der Waals surface area contributed by atoms with Gasteiger partial charge in [-0.1, -0.05) is 0 Å². The van der Waals surface area contributed by atoms with Gasteiger partial charge >= 0.3 is 6.09 Å². The minimum absolute atomic E-state index is 0.0214. The van der Waals surface area contributed by atoms with Crippen LogP contribution in [0.25, 0.3) is 0 Å². The molecule has 1 aliphatic rings. The molecule has 1 rings (SSSR count). The van der Waals surface area contributed by atoms with Crippen LogP contribution in [0.1, 0.15) is 40.0 Å². The zero-order valence-corrected chi connectivity index (χ0v) is 10.9. The summed E-state index contributed by atoms with van der Waals surface area (Å²) < 4.78 is 0. The van der Waals surface area contributed by atoms with Crippen molar-refractivity contribution in [1.82, 2.24) is 4.90 Å². The summed E-state index contributed by atoms with van der Waals surface area (Å²) in [6.45, 7) is 5.63. The summed E-state index contributed by atoms with van der Waals surface area (Å²) in [5, 5.41) is 19.0. The van der Waals surface area contributed by atoms with Gasteiger partial charge in [-0.2, -0.15) is 12.6 Å². The lowest BCUT2D eigenvalue weighted by Crippen LogP contribution is -2.54. The van der Waals surface area contributed by atoms with E-state index in [4.69, 9.17) is 0 Å². The average molecular weight is 247 g/mol. The predicted molar refractivity (Wildman–Crippen MR) is 66.0 cm³/mol. The van der Waals surface area contributed by atoms with Crippen LogP contribution in [0.4, 0.5) is 4.79 Å². The van der Waals surface area contributed by atoms with Crippen LogP contribution in [0.2, 0.25) is 0 Å². The van der Waals surface area contributed by atoms with Crippen molar-refractivity contribution in [2.45, 2.75) is 63.0 Å². The summed E-state index contributed by atoms with van der Waals surface area (Å²) in [6, 6.07) is -0.101. The topological polar surface area (TPSA) is 60.8 Å². The van der Waals surface area contributed by atoms with Crippen molar-refractivity contribution in [2.75, 3.05) is 0 Å². The number of hydrogen-bond acceptors (Lipinski definition) is 3. The number of carbonyl (C=O) groups is 1. The zero-order chi connectivity index (χ0) is 12.5. The number of rotatable bonds is 1. The highest BCUT2D eigenvalue weighted by atomic mass is 32.1. The Labute approximate surface area is 102 Å². The fraction of sp³-hybridized carbons (Fsp3) is 0.909. The Morgan fingerprint density at radius 1 is 1.38 bits per heavy atom. The number of aliphatic hydroxyl groups excluding tert-OH is 1. The number of amides is 1. The third kappa shape index (κ3) is 3.04. The molecule has 0 bridgehead atoms. The van der Waals surface area contributed by atoms with Gasteiger partial charge in [-0.05, 0) is 40.0 Å². The first-order valence-electron chi connectivity index (χ1n) is 5.62. The van der Waals surface area contributed by atoms with E-state index >= 15 is 0 Å². The molecule has 4 nitrogen and oxygen atoms in total. The van der Waals surface area contributed by atoms with Crippen LogP contribution >= 0.6 is 12.6 Å². The molecular weight excluding hydrogens is 226 g/mol. The third-order valence-corrected chi connectivity index (χ3v) is 3.65. The van der Waals surface area contributed by atoms with E-state index in [1.165, 1.54) is 4.90 Å². The standard InChI is InChI=1S/C11H21NO3S/c1-11(2,3)12(10(14)15)7-4-5-9(16)8(13)6-7/h7-9,13,16H,4-6H2,1-3H3,(H,14,15)/t7-,8-,9-/m0/s1. The summed E-state index contributed by atoms with van der Waals surface area (Å²) in [5.41, 5.74) is -0.431. The molecule has 0 unspecified atom stereocenters. The molecule has 0 radical (unpaired) electrons. The van der Waals surface area contributed by atoms with Crippen LogP contribution in [0.3, 0.4) is 0 Å². The number of hydrogen-bond donors (Lipinski definition) is 3. The van der Waals surface area contributed by atoms with Crippen LogP contribution < -0.4 is 0 Å². The second kappa shape index (κ2) is 4.84. The van der Waals surface area contributed by atoms with E-state index in [0.717, 1.165) is 12.8 Å². The smallest absolute Gasteiger partial charge is 0.407 e. The van der Waals surface area contributed by atoms with Crippen LogP contribution in [0, 0.1) is 0 Å². The first-order chi connectivity index (χ1) is 7.23. The molecule has 0 aliphatic heterocycles. The Morgan fingerprint density at radius 2 is 1.94 bits per heavy atom. The van der Waals surface area contributed by atoms with Crippen molar-refractivity contribution in [3.63, 3.8) is 0 Å². The van der Waals surface area contributed by atoms with E-state index in [1.54, 1.807) is 0 Å². The fourth-order valence-corrected chi connectivity index (χ4v) is 2.61. The van der Waals surface area contributed by atoms with Crippen molar-refractivity contribution < 1.29 is 15.0 Å². The minimum Gasteiger partial charge on any atom is -0.465 e. The van der Waals surface area contributed by atoms with Gasteiger partial charge in [0, 0.05) is 16.8 Å². The normalized spacial score (nSPS) is 31.2. The molecule has 1 saturated carbocycles. The molecule has 0 aromatic carbocycles. The highest BCUT2D eigenvalue weighted by molar-refractivity contribution is 7.81. The molecule has 94 valence electrons. The van der Waals surface area contributed by atoms with Gasteiger partial charge in [-0.25, -0.2) is 4.79 Å². The lowest BCUT2D eigenvalue weighted by molar-refractivity contribution is 0.0256. The van der Waals surface area contributed by atoms with Gasteiger partial charge in [-0.15, -0.1) is 0 Å². The number of carboxylic acid groups (broad SMARTS) is 1. The SMILES string of the molecule is CC(C)(C)N(C(=O)O)[C@H]1CC[C@H](S)[C@@H](O)C1. The highest BCUT2D eigenvalue weighted by Crippen LogP contribution is 2.30. The summed E-state index contributed by atoms with van der Waals surface area (Å²) in [7, 11) is 0. The molecule has 0 aromatic heterocycles. The second-order valence-corrected chi connectivity index (χ2v) is 6.09. The third-order valence-electron chi connectivity index (χ3n) is 3.05. The molecule has 0 aromatic rings. The Balaban J connectivity index is 2.78. The molecule has 3 atom stereocenters. The molecular formula is C11H21NO3S. The monoisotopic (exact) mass is 247 g/mol. The predicted octanol–water partition coefficient (Wildman–Crippen LogP) is 1.98. The minimum atomic E-state index is -0.915. The molecule has 0 saturated heterocycles. The molecule has 16 heavy (non-hydrogen) atoms. The summed E-state index contributed by atoms with van der Waals surface area (Å²) in [4.78, 5) is 12.7. The summed E-state index contributed by atoms with van der Waals surface area (Å²) in [6.07, 6.45) is 0.593. The highest BCUT2D eigenvalue weighted by Gasteiger charge is 2.37. The van der Waals surface area contributed by atoms with Crippen LogP contribution in [0.5, 0.6) is 0 Å². The van der Waals surface area contributed by atoms with E-state index in [0.29, 0.717) is 6.42 Å². The van der Waals surface area contributed by atoms with Crippen LogP contribution in [0.15, 0.2) is 0 Å². The second-order valence-electron chi connectivity index (χ2n) is 5.42. The molecule has 0 spiro atoms. The van der Waals surface area contributed by atoms with Gasteiger partial charge in [0.15, 0.2) is 0 Å². The van der Waals surface area contributed by atoms with Gasteiger partial charge in [0.1, 0.15) is 0 Å². The van der Waals surface area contributed by atoms with Crippen LogP contribution in [-0.4, -0.2) is 44.1 Å². The number of thiol groups is 1. The van der Waals surface area contributed by atoms with E-state index in [1.807, 2.05) is 20.8 Å². The molecule has 5 heteroatoms. The van der Waals surface area contributed by atoms with E-state index in [-0.39, 0.29) is 11.3 Å². The maximum absolute atomic E-state index is 11.3. The van der Waals surface area contributed by atoms with Crippen molar-refractivity contribution in [3.8, 4) is 0 Å². The first kappa shape index (κ1) is 13.6. The molecule has 1 aliphatic carbocycles. The van der Waals surface area contributed by atoms with Crippen molar-refractivity contribution in [3.05, 3.63) is 0 Å². The van der Waals surface area contributed by atoms with Crippen molar-refractivity contribution in [2.24, 2.45) is 0 Å². The fourth-order valence-electron chi connectivity index (χ4n) is 2.33. The van der Waals surface area contributed by atoms with Crippen molar-refractivity contribution in [1.29, 1.82) is 0 Å². The zero-order valence-electron chi connectivity index (χ0n) is 10.1. The van der Waals surface area contributed by atoms with Crippen molar-refractivity contribution >= 4 is 18.7 Å². The average Bonchev–Trinajstić information content (AvgIpc) is 2.08. The molecule has 0 heterocycles. The van der Waals surface area contributed by atoms with E-state index in [2.05, 4.69) is 12.6 Å². The van der Waals surface area contributed by atoms with E-state index < -0.39 is 17.7 Å². The maximum Gasteiger partial charge on any atom is 0.407 e. The van der Waals surface area contributed by atoms with E-state index in [9.17, 15) is 15.0 Å². The molecule has 1 amide bonds. The van der Waals surface area contributed by atoms with Gasteiger partial charge in [0.05, 0.1) is 6.10 Å². The Morgan fingerprint density at radius 3 is 2.31 bits per heavy atom. The lowest BCUT2D eigenvalue weighted by Gasteiger charge is -2.43. The quantitative estimate of drug-likeness (QED) is 0.621. The van der Waals surface area contributed by atoms with Gasteiger partial charge < -0.3 is 15.1 Å². The van der Waals surface area contributed by atoms with Gasteiger partial charge in [0.2, 0.25) is 0 Å². The molecule has 2 N–H and O–H groups in total. The van der Waals surface area contributed by atoms with Crippen LogP contribution in [-0.2, 0) is 0 Å². The summed E-state index contributed by atoms with van der Waals surface area (Å²) in [5.74, 6) is 0. The van der Waals surface area contributed by atoms with Gasteiger partial charge in [0.25, 0.3) is 0 Å². The largest absolute Gasteiger partial charge is 0.465 e. The Hall–Kier alpha value is -0.420. The Bertz CT molecular complexity index is 264. The summed E-state index contributed by atoms with van der Waals surface area (Å²) >= 11 is 4.27. The number of aliphatic hydroxyl groups is 1. The molecule has 1 fully saturated rings. The lowest BCUT2D eigenvalue weighted by atomic mass is 9.89. The number of nitrogens with zero attached hydrogens (tertiary/aromatic N) is 1. The Kier molecular flexibility index (Phi) is 4.12. The van der Waals surface area contributed by atoms with Gasteiger partial charge in [-0.3, -0.25) is 0 Å².